The number of benzene rings is 2. The molecule has 0 aromatic heterocycles. The Balaban J connectivity index is 2.37. The van der Waals surface area contributed by atoms with E-state index in [9.17, 15) is 0 Å². The van der Waals surface area contributed by atoms with Crippen molar-refractivity contribution in [2.75, 3.05) is 6.66 Å². The summed E-state index contributed by atoms with van der Waals surface area (Å²) in [5.41, 5.74) is 1.40. The minimum Gasteiger partial charge on any atom is -0.0622 e. The smallest absolute Gasteiger partial charge is 0.0169 e. The summed E-state index contributed by atoms with van der Waals surface area (Å²) in [7, 11) is -0.192. The molecule has 0 bridgehead atoms. The Morgan fingerprint density at radius 3 is 2.07 bits per heavy atom. The first-order valence-corrected chi connectivity index (χ1v) is 6.92. The zero-order chi connectivity index (χ0) is 10.7. The van der Waals surface area contributed by atoms with Gasteiger partial charge < -0.3 is 0 Å². The number of hydrogen-bond acceptors (Lipinski definition) is 0. The van der Waals surface area contributed by atoms with Gasteiger partial charge in [0.05, 0.1) is 0 Å². The van der Waals surface area contributed by atoms with Gasteiger partial charge >= 0.3 is 0 Å². The van der Waals surface area contributed by atoms with Gasteiger partial charge in [0.1, 0.15) is 0 Å². The average molecular weight is 214 g/mol. The lowest BCUT2D eigenvalue weighted by atomic mass is 10.2. The van der Waals surface area contributed by atoms with E-state index in [-0.39, 0.29) is 7.92 Å². The lowest BCUT2D eigenvalue weighted by molar-refractivity contribution is 1.52. The molecule has 0 amide bonds. The van der Waals surface area contributed by atoms with E-state index < -0.39 is 0 Å². The predicted octanol–water partition coefficient (Wildman–Crippen LogP) is 3.06. The van der Waals surface area contributed by atoms with Crippen molar-refractivity contribution in [1.82, 2.24) is 0 Å². The first kappa shape index (κ1) is 10.4. The molecule has 2 rings (SSSR count). The monoisotopic (exact) mass is 214 g/mol. The Labute approximate surface area is 92.7 Å². The third-order valence-electron chi connectivity index (χ3n) is 2.62. The molecule has 0 N–H and O–H groups in total. The second-order valence-corrected chi connectivity index (χ2v) is 5.80. The largest absolute Gasteiger partial charge is 0.0622 e. The summed E-state index contributed by atoms with van der Waals surface area (Å²) < 4.78 is 0. The normalized spacial score (nSPS) is 12.4. The fourth-order valence-electron chi connectivity index (χ4n) is 1.73. The molecule has 0 aliphatic heterocycles. The maximum Gasteiger partial charge on any atom is -0.0169 e. The molecule has 0 saturated carbocycles. The zero-order valence-corrected chi connectivity index (χ0v) is 10.0. The van der Waals surface area contributed by atoms with Gasteiger partial charge in [-0.25, -0.2) is 0 Å². The molecule has 0 spiro atoms. The average Bonchev–Trinajstić information content (AvgIpc) is 2.30. The van der Waals surface area contributed by atoms with Gasteiger partial charge in [-0.05, 0) is 37.7 Å². The first-order valence-electron chi connectivity index (χ1n) is 5.13. The highest BCUT2D eigenvalue weighted by molar-refractivity contribution is 7.72. The van der Waals surface area contributed by atoms with Crippen LogP contribution >= 0.6 is 7.92 Å². The van der Waals surface area contributed by atoms with E-state index in [1.807, 2.05) is 0 Å². The summed E-state index contributed by atoms with van der Waals surface area (Å²) in [4.78, 5) is 0. The van der Waals surface area contributed by atoms with E-state index in [4.69, 9.17) is 0 Å². The highest BCUT2D eigenvalue weighted by Crippen LogP contribution is 2.29. The van der Waals surface area contributed by atoms with Gasteiger partial charge in [0.2, 0.25) is 0 Å². The van der Waals surface area contributed by atoms with Gasteiger partial charge in [-0.3, -0.25) is 0 Å². The van der Waals surface area contributed by atoms with Crippen LogP contribution in [0, 0.1) is 6.92 Å². The lowest BCUT2D eigenvalue weighted by Crippen LogP contribution is -2.12. The van der Waals surface area contributed by atoms with Crippen molar-refractivity contribution in [2.45, 2.75) is 6.92 Å². The Bertz CT molecular complexity index is 434. The molecule has 0 aliphatic carbocycles. The van der Waals surface area contributed by atoms with E-state index in [1.165, 1.54) is 16.2 Å². The summed E-state index contributed by atoms with van der Waals surface area (Å²) in [6.07, 6.45) is 0. The van der Waals surface area contributed by atoms with Crippen LogP contribution in [-0.2, 0) is 0 Å². The van der Waals surface area contributed by atoms with Gasteiger partial charge in [-0.15, -0.1) is 0 Å². The first-order chi connectivity index (χ1) is 7.29. The maximum atomic E-state index is 2.33. The Morgan fingerprint density at radius 2 is 1.40 bits per heavy atom. The van der Waals surface area contributed by atoms with Crippen LogP contribution in [-0.4, -0.2) is 6.66 Å². The third-order valence-corrected chi connectivity index (χ3v) is 4.92. The zero-order valence-electron chi connectivity index (χ0n) is 9.14. The standard InChI is InChI=1S/C14H15P/c1-12-8-6-7-11-14(12)15(2)13-9-4-3-5-10-13/h3-11H,1-2H3/t15-/m0/s1. The molecule has 1 heteroatoms. The van der Waals surface area contributed by atoms with Crippen molar-refractivity contribution in [3.8, 4) is 0 Å². The predicted molar refractivity (Wildman–Crippen MR) is 69.7 cm³/mol. The molecule has 0 saturated heterocycles. The van der Waals surface area contributed by atoms with Gasteiger partial charge in [0.25, 0.3) is 0 Å². The number of rotatable bonds is 2. The second-order valence-electron chi connectivity index (χ2n) is 3.68. The Hall–Kier alpha value is -1.13. The molecule has 0 radical (unpaired) electrons. The van der Waals surface area contributed by atoms with E-state index in [2.05, 4.69) is 68.2 Å². The molecule has 2 aromatic carbocycles. The summed E-state index contributed by atoms with van der Waals surface area (Å²) in [6.45, 7) is 4.52. The third kappa shape index (κ3) is 2.27. The lowest BCUT2D eigenvalue weighted by Gasteiger charge is -2.15. The molecule has 2 aromatic rings. The Morgan fingerprint density at radius 1 is 0.800 bits per heavy atom. The van der Waals surface area contributed by atoms with Crippen molar-refractivity contribution in [2.24, 2.45) is 0 Å². The van der Waals surface area contributed by atoms with Crippen molar-refractivity contribution in [1.29, 1.82) is 0 Å². The molecule has 15 heavy (non-hydrogen) atoms. The molecular weight excluding hydrogens is 199 g/mol. The van der Waals surface area contributed by atoms with Crippen LogP contribution in [0.1, 0.15) is 5.56 Å². The highest BCUT2D eigenvalue weighted by atomic mass is 31.1. The van der Waals surface area contributed by atoms with Crippen LogP contribution < -0.4 is 10.6 Å². The van der Waals surface area contributed by atoms with Crippen LogP contribution in [0.15, 0.2) is 54.6 Å². The fourth-order valence-corrected chi connectivity index (χ4v) is 3.54. The minimum atomic E-state index is -0.192. The van der Waals surface area contributed by atoms with Crippen LogP contribution in [0.3, 0.4) is 0 Å². The molecule has 76 valence electrons. The Kier molecular flexibility index (Phi) is 3.18. The van der Waals surface area contributed by atoms with Crippen molar-refractivity contribution >= 4 is 18.5 Å². The van der Waals surface area contributed by atoms with Gasteiger partial charge in [0.15, 0.2) is 0 Å². The molecule has 0 fully saturated rings. The summed E-state index contributed by atoms with van der Waals surface area (Å²) in [6, 6.07) is 19.4. The van der Waals surface area contributed by atoms with Gasteiger partial charge in [-0.2, -0.15) is 0 Å². The molecular formula is C14H15P. The molecule has 0 nitrogen and oxygen atoms in total. The highest BCUT2D eigenvalue weighted by Gasteiger charge is 2.08. The van der Waals surface area contributed by atoms with Gasteiger partial charge in [0, 0.05) is 0 Å². The molecule has 1 atom stereocenters. The van der Waals surface area contributed by atoms with E-state index in [0.717, 1.165) is 0 Å². The van der Waals surface area contributed by atoms with Crippen LogP contribution in [0.25, 0.3) is 0 Å². The van der Waals surface area contributed by atoms with Crippen LogP contribution in [0.4, 0.5) is 0 Å². The topological polar surface area (TPSA) is 0 Å². The van der Waals surface area contributed by atoms with E-state index in [1.54, 1.807) is 0 Å². The molecule has 0 aliphatic rings. The van der Waals surface area contributed by atoms with E-state index in [0.29, 0.717) is 0 Å². The quantitative estimate of drug-likeness (QED) is 0.674. The van der Waals surface area contributed by atoms with Crippen LogP contribution in [0.5, 0.6) is 0 Å². The number of hydrogen-bond donors (Lipinski definition) is 0. The number of aryl methyl sites for hydroxylation is 1. The molecule has 0 unspecified atom stereocenters. The van der Waals surface area contributed by atoms with Crippen LogP contribution in [0.2, 0.25) is 0 Å². The minimum absolute atomic E-state index is 0.192. The summed E-state index contributed by atoms with van der Waals surface area (Å²) in [5.74, 6) is 0. The summed E-state index contributed by atoms with van der Waals surface area (Å²) >= 11 is 0. The second kappa shape index (κ2) is 4.59. The summed E-state index contributed by atoms with van der Waals surface area (Å²) in [5, 5.41) is 2.93. The fraction of sp³-hybridized carbons (Fsp3) is 0.143. The molecule has 0 heterocycles. The van der Waals surface area contributed by atoms with Crippen molar-refractivity contribution in [3.63, 3.8) is 0 Å². The SMILES string of the molecule is Cc1ccccc1[P@@](C)c1ccccc1. The van der Waals surface area contributed by atoms with E-state index >= 15 is 0 Å². The maximum absolute atomic E-state index is 2.33. The van der Waals surface area contributed by atoms with Crippen molar-refractivity contribution < 1.29 is 0 Å². The van der Waals surface area contributed by atoms with Gasteiger partial charge in [-0.1, -0.05) is 54.6 Å². The van der Waals surface area contributed by atoms with Crippen molar-refractivity contribution in [3.05, 3.63) is 60.2 Å².